The number of rotatable bonds is 6. The Kier molecular flexibility index (Phi) is 5.46. The molecule has 2 aliphatic rings. The first-order valence-electron chi connectivity index (χ1n) is 10.3. The van der Waals surface area contributed by atoms with Crippen molar-refractivity contribution in [1.29, 1.82) is 0 Å². The summed E-state index contributed by atoms with van der Waals surface area (Å²) in [5, 5.41) is 7.98. The molecule has 0 aliphatic heterocycles. The first kappa shape index (κ1) is 18.1. The number of hydrogen-bond acceptors (Lipinski definition) is 3. The number of nitrogens with one attached hydrogen (secondary N) is 1. The van der Waals surface area contributed by atoms with Crippen LogP contribution in [0.25, 0.3) is 0 Å². The van der Waals surface area contributed by atoms with E-state index in [1.807, 2.05) is 30.3 Å². The number of fused-ring (bicyclic) bond motifs is 1. The van der Waals surface area contributed by atoms with Crippen molar-refractivity contribution in [2.45, 2.75) is 77.0 Å². The van der Waals surface area contributed by atoms with Gasteiger partial charge in [-0.05, 0) is 63.1 Å². The fourth-order valence-corrected chi connectivity index (χ4v) is 4.37. The van der Waals surface area contributed by atoms with E-state index in [9.17, 15) is 4.79 Å². The van der Waals surface area contributed by atoms with E-state index in [-0.39, 0.29) is 5.91 Å². The molecule has 0 bridgehead atoms. The van der Waals surface area contributed by atoms with Gasteiger partial charge in [-0.3, -0.25) is 9.48 Å². The highest BCUT2D eigenvalue weighted by Crippen LogP contribution is 2.34. The van der Waals surface area contributed by atoms with Crippen molar-refractivity contribution in [3.63, 3.8) is 0 Å². The van der Waals surface area contributed by atoms with Crippen molar-refractivity contribution >= 4 is 5.91 Å². The molecule has 0 radical (unpaired) electrons. The summed E-state index contributed by atoms with van der Waals surface area (Å²) < 4.78 is 8.02. The second-order valence-corrected chi connectivity index (χ2v) is 7.75. The Bertz CT molecular complexity index is 778. The molecule has 27 heavy (non-hydrogen) atoms. The van der Waals surface area contributed by atoms with Crippen LogP contribution < -0.4 is 10.1 Å². The average molecular weight is 367 g/mol. The molecule has 1 saturated carbocycles. The van der Waals surface area contributed by atoms with Gasteiger partial charge in [0.05, 0.1) is 18.3 Å². The van der Waals surface area contributed by atoms with Crippen LogP contribution in [0.15, 0.2) is 30.3 Å². The van der Waals surface area contributed by atoms with Gasteiger partial charge in [0.1, 0.15) is 5.75 Å². The first-order valence-corrected chi connectivity index (χ1v) is 10.3. The Labute approximate surface area is 161 Å². The zero-order chi connectivity index (χ0) is 18.6. The van der Waals surface area contributed by atoms with E-state index in [1.54, 1.807) is 6.92 Å². The number of amides is 1. The summed E-state index contributed by atoms with van der Waals surface area (Å²) >= 11 is 0. The molecular weight excluding hydrogens is 338 g/mol. The maximum absolute atomic E-state index is 12.5. The molecule has 144 valence electrons. The molecule has 1 fully saturated rings. The minimum Gasteiger partial charge on any atom is -0.481 e. The number of carbonyl (C=O) groups is 1. The van der Waals surface area contributed by atoms with E-state index in [0.29, 0.717) is 18.3 Å². The van der Waals surface area contributed by atoms with Crippen LogP contribution in [0.4, 0.5) is 0 Å². The number of aromatic nitrogens is 2. The number of hydrogen-bond donors (Lipinski definition) is 1. The molecule has 1 N–H and O–H groups in total. The Morgan fingerprint density at radius 1 is 1.19 bits per heavy atom. The number of benzene rings is 1. The highest BCUT2D eigenvalue weighted by molar-refractivity contribution is 5.80. The monoisotopic (exact) mass is 367 g/mol. The Balaban J connectivity index is 1.42. The summed E-state index contributed by atoms with van der Waals surface area (Å²) in [5.41, 5.74) is 3.85. The van der Waals surface area contributed by atoms with Crippen molar-refractivity contribution in [2.75, 3.05) is 0 Å². The molecule has 2 aromatic rings. The van der Waals surface area contributed by atoms with Gasteiger partial charge in [-0.25, -0.2) is 0 Å². The lowest BCUT2D eigenvalue weighted by atomic mass is 9.95. The molecule has 1 atom stereocenters. The van der Waals surface area contributed by atoms with Crippen LogP contribution in [-0.2, 0) is 24.2 Å². The van der Waals surface area contributed by atoms with Crippen molar-refractivity contribution < 1.29 is 9.53 Å². The van der Waals surface area contributed by atoms with Crippen molar-refractivity contribution in [2.24, 2.45) is 0 Å². The topological polar surface area (TPSA) is 56.1 Å². The Morgan fingerprint density at radius 3 is 2.70 bits per heavy atom. The van der Waals surface area contributed by atoms with Gasteiger partial charge < -0.3 is 10.1 Å². The summed E-state index contributed by atoms with van der Waals surface area (Å²) in [6, 6.07) is 10.0. The van der Waals surface area contributed by atoms with Crippen LogP contribution in [0.1, 0.15) is 68.4 Å². The second-order valence-electron chi connectivity index (χ2n) is 7.75. The first-order chi connectivity index (χ1) is 13.2. The summed E-state index contributed by atoms with van der Waals surface area (Å²) in [7, 11) is 0. The van der Waals surface area contributed by atoms with Crippen molar-refractivity contribution in [3.8, 4) is 5.75 Å². The van der Waals surface area contributed by atoms with E-state index in [0.717, 1.165) is 18.5 Å². The normalized spacial score (nSPS) is 18.1. The quantitative estimate of drug-likeness (QED) is 0.841. The fourth-order valence-electron chi connectivity index (χ4n) is 4.37. The standard InChI is InChI=1S/C22H29N3O2/c1-16(27-18-11-3-2-4-12-18)22(26)23-15-20-19-13-7-8-14-21(19)25(24-20)17-9-5-6-10-17/h2-4,11-12,16-17H,5-10,13-15H2,1H3,(H,23,26)/t16-/m0/s1. The van der Waals surface area contributed by atoms with E-state index in [2.05, 4.69) is 10.00 Å². The third-order valence-corrected chi connectivity index (χ3v) is 5.82. The summed E-state index contributed by atoms with van der Waals surface area (Å²) in [6.07, 6.45) is 9.24. The predicted octanol–water partition coefficient (Wildman–Crippen LogP) is 3.96. The maximum atomic E-state index is 12.5. The van der Waals surface area contributed by atoms with Gasteiger partial charge in [-0.2, -0.15) is 5.10 Å². The minimum atomic E-state index is -0.528. The molecule has 1 amide bonds. The van der Waals surface area contributed by atoms with Crippen LogP contribution in [-0.4, -0.2) is 21.8 Å². The molecule has 1 heterocycles. The Hall–Kier alpha value is -2.30. The SMILES string of the molecule is C[C@H](Oc1ccccc1)C(=O)NCc1nn(C2CCCC2)c2c1CCCC2. The lowest BCUT2D eigenvalue weighted by Gasteiger charge is -2.18. The minimum absolute atomic E-state index is 0.0983. The molecule has 1 aromatic heterocycles. The molecule has 0 spiro atoms. The van der Waals surface area contributed by atoms with E-state index in [4.69, 9.17) is 9.84 Å². The molecule has 4 rings (SSSR count). The van der Waals surface area contributed by atoms with Gasteiger partial charge in [-0.15, -0.1) is 0 Å². The molecule has 2 aliphatic carbocycles. The molecule has 0 saturated heterocycles. The molecule has 1 aromatic carbocycles. The van der Waals surface area contributed by atoms with Crippen molar-refractivity contribution in [1.82, 2.24) is 15.1 Å². The zero-order valence-electron chi connectivity index (χ0n) is 16.1. The summed E-state index contributed by atoms with van der Waals surface area (Å²) in [6.45, 7) is 2.28. The van der Waals surface area contributed by atoms with E-state index in [1.165, 1.54) is 49.8 Å². The fraction of sp³-hybridized carbons (Fsp3) is 0.545. The molecular formula is C22H29N3O2. The van der Waals surface area contributed by atoms with Crippen LogP contribution in [0.2, 0.25) is 0 Å². The lowest BCUT2D eigenvalue weighted by Crippen LogP contribution is -2.36. The molecule has 0 unspecified atom stereocenters. The predicted molar refractivity (Wildman–Crippen MR) is 105 cm³/mol. The third-order valence-electron chi connectivity index (χ3n) is 5.82. The van der Waals surface area contributed by atoms with Gasteiger partial charge in [0, 0.05) is 5.69 Å². The van der Waals surface area contributed by atoms with E-state index >= 15 is 0 Å². The largest absolute Gasteiger partial charge is 0.481 e. The number of nitrogens with zero attached hydrogens (tertiary/aromatic N) is 2. The summed E-state index contributed by atoms with van der Waals surface area (Å²) in [4.78, 5) is 12.5. The zero-order valence-corrected chi connectivity index (χ0v) is 16.1. The van der Waals surface area contributed by atoms with Gasteiger partial charge in [0.15, 0.2) is 6.10 Å². The lowest BCUT2D eigenvalue weighted by molar-refractivity contribution is -0.127. The Morgan fingerprint density at radius 2 is 1.93 bits per heavy atom. The van der Waals surface area contributed by atoms with Gasteiger partial charge in [-0.1, -0.05) is 31.0 Å². The highest BCUT2D eigenvalue weighted by Gasteiger charge is 2.27. The van der Waals surface area contributed by atoms with Crippen LogP contribution >= 0.6 is 0 Å². The van der Waals surface area contributed by atoms with E-state index < -0.39 is 6.10 Å². The van der Waals surface area contributed by atoms with Gasteiger partial charge in [0.2, 0.25) is 0 Å². The number of ether oxygens (including phenoxy) is 1. The number of carbonyl (C=O) groups excluding carboxylic acids is 1. The molecule has 5 nitrogen and oxygen atoms in total. The summed E-state index contributed by atoms with van der Waals surface area (Å²) in [5.74, 6) is 0.613. The van der Waals surface area contributed by atoms with Crippen molar-refractivity contribution in [3.05, 3.63) is 47.3 Å². The second kappa shape index (κ2) is 8.15. The van der Waals surface area contributed by atoms with Crippen LogP contribution in [0.3, 0.4) is 0 Å². The van der Waals surface area contributed by atoms with Crippen LogP contribution in [0.5, 0.6) is 5.75 Å². The number of para-hydroxylation sites is 1. The third kappa shape index (κ3) is 4.02. The van der Waals surface area contributed by atoms with Gasteiger partial charge >= 0.3 is 0 Å². The molecule has 5 heteroatoms. The highest BCUT2D eigenvalue weighted by atomic mass is 16.5. The smallest absolute Gasteiger partial charge is 0.261 e. The maximum Gasteiger partial charge on any atom is 0.261 e. The average Bonchev–Trinajstić information content (AvgIpc) is 3.35. The van der Waals surface area contributed by atoms with Gasteiger partial charge in [0.25, 0.3) is 5.91 Å². The van der Waals surface area contributed by atoms with Crippen LogP contribution in [0, 0.1) is 0 Å².